The van der Waals surface area contributed by atoms with Gasteiger partial charge in [0, 0.05) is 11.1 Å². The number of aldehydes is 1. The van der Waals surface area contributed by atoms with E-state index >= 15 is 0 Å². The van der Waals surface area contributed by atoms with Gasteiger partial charge in [0.05, 0.1) is 20.1 Å². The summed E-state index contributed by atoms with van der Waals surface area (Å²) in [5, 5.41) is 18.9. The molecule has 0 aliphatic carbocycles. The van der Waals surface area contributed by atoms with E-state index < -0.39 is 5.97 Å². The zero-order valence-corrected chi connectivity index (χ0v) is 17.8. The minimum atomic E-state index is -0.608. The van der Waals surface area contributed by atoms with E-state index in [1.165, 1.54) is 33.3 Å². The van der Waals surface area contributed by atoms with E-state index in [-0.39, 0.29) is 34.5 Å². The molecular weight excluding hydrogens is 392 g/mol. The van der Waals surface area contributed by atoms with Crippen LogP contribution in [0, 0.1) is 19.8 Å². The molecule has 8 nitrogen and oxygen atoms in total. The Labute approximate surface area is 175 Å². The quantitative estimate of drug-likeness (QED) is 0.430. The fourth-order valence-electron chi connectivity index (χ4n) is 2.31. The first-order chi connectivity index (χ1) is 14.1. The van der Waals surface area contributed by atoms with Gasteiger partial charge in [-0.25, -0.2) is 4.79 Å². The van der Waals surface area contributed by atoms with Crippen molar-refractivity contribution >= 4 is 18.2 Å². The number of hydrogen-bond donors (Lipinski definition) is 2. The molecule has 0 fully saturated rings. The van der Waals surface area contributed by atoms with E-state index in [4.69, 9.17) is 9.47 Å². The third-order valence-electron chi connectivity index (χ3n) is 4.12. The maximum Gasteiger partial charge on any atom is 0.341 e. The number of aryl methyl sites for hydroxylation is 1. The van der Waals surface area contributed by atoms with Crippen LogP contribution in [0.1, 0.15) is 45.7 Å². The van der Waals surface area contributed by atoms with Gasteiger partial charge >= 0.3 is 11.9 Å². The zero-order chi connectivity index (χ0) is 23.0. The van der Waals surface area contributed by atoms with Crippen molar-refractivity contribution in [2.75, 3.05) is 14.2 Å². The van der Waals surface area contributed by atoms with Crippen LogP contribution in [0.3, 0.4) is 0 Å². The average molecular weight is 418 g/mol. The van der Waals surface area contributed by atoms with E-state index in [9.17, 15) is 24.6 Å². The molecule has 0 spiro atoms. The molecule has 2 rings (SSSR count). The summed E-state index contributed by atoms with van der Waals surface area (Å²) in [5.41, 5.74) is 1.33. The van der Waals surface area contributed by atoms with Gasteiger partial charge in [-0.1, -0.05) is 13.8 Å². The summed E-state index contributed by atoms with van der Waals surface area (Å²) < 4.78 is 14.7. The fraction of sp³-hybridized carbons (Fsp3) is 0.318. The van der Waals surface area contributed by atoms with E-state index in [0.29, 0.717) is 28.9 Å². The molecule has 0 saturated heterocycles. The molecule has 0 aliphatic heterocycles. The van der Waals surface area contributed by atoms with Crippen LogP contribution in [0.5, 0.6) is 23.0 Å². The number of benzene rings is 2. The number of esters is 2. The average Bonchev–Trinajstić information content (AvgIpc) is 2.72. The highest BCUT2D eigenvalue weighted by Crippen LogP contribution is 2.32. The Hall–Kier alpha value is -3.55. The second-order valence-corrected chi connectivity index (χ2v) is 6.66. The summed E-state index contributed by atoms with van der Waals surface area (Å²) in [6, 6.07) is 6.05. The highest BCUT2D eigenvalue weighted by Gasteiger charge is 2.19. The molecular formula is C22H26O8. The van der Waals surface area contributed by atoms with Gasteiger partial charge < -0.3 is 24.4 Å². The SMILES string of the molecule is COC(=O)c1c(C)cc(O)c(C)c1O.COc1cc(C=O)ccc1OC(=O)C(C)C. The number of methoxy groups -OCH3 is 2. The van der Waals surface area contributed by atoms with Crippen LogP contribution in [0.4, 0.5) is 0 Å². The first-order valence-corrected chi connectivity index (χ1v) is 9.02. The number of phenolic OH excluding ortho intramolecular Hbond substituents is 2. The second kappa shape index (κ2) is 10.8. The highest BCUT2D eigenvalue weighted by molar-refractivity contribution is 5.94. The number of ether oxygens (including phenoxy) is 3. The van der Waals surface area contributed by atoms with E-state index in [1.54, 1.807) is 32.9 Å². The van der Waals surface area contributed by atoms with Crippen molar-refractivity contribution in [1.82, 2.24) is 0 Å². The van der Waals surface area contributed by atoms with E-state index in [0.717, 1.165) is 0 Å². The fourth-order valence-corrected chi connectivity index (χ4v) is 2.31. The van der Waals surface area contributed by atoms with Crippen LogP contribution in [-0.2, 0) is 9.53 Å². The molecule has 0 saturated carbocycles. The van der Waals surface area contributed by atoms with Crippen molar-refractivity contribution in [3.63, 3.8) is 0 Å². The van der Waals surface area contributed by atoms with Crippen LogP contribution in [-0.4, -0.2) is 42.7 Å². The molecule has 0 heterocycles. The predicted octanol–water partition coefficient (Wildman–Crippen LogP) is 3.57. The third-order valence-corrected chi connectivity index (χ3v) is 4.12. The van der Waals surface area contributed by atoms with Gasteiger partial charge in [-0.05, 0) is 43.7 Å². The number of rotatable bonds is 5. The lowest BCUT2D eigenvalue weighted by atomic mass is 10.0. The van der Waals surface area contributed by atoms with Crippen molar-refractivity contribution in [3.8, 4) is 23.0 Å². The normalized spacial score (nSPS) is 9.97. The summed E-state index contributed by atoms with van der Waals surface area (Å²) in [6.45, 7) is 6.63. The van der Waals surface area contributed by atoms with Crippen LogP contribution < -0.4 is 9.47 Å². The molecule has 8 heteroatoms. The minimum Gasteiger partial charge on any atom is -0.508 e. The van der Waals surface area contributed by atoms with Crippen molar-refractivity contribution in [2.24, 2.45) is 5.92 Å². The van der Waals surface area contributed by atoms with Crippen molar-refractivity contribution in [2.45, 2.75) is 27.7 Å². The monoisotopic (exact) mass is 418 g/mol. The smallest absolute Gasteiger partial charge is 0.341 e. The molecule has 0 radical (unpaired) electrons. The second-order valence-electron chi connectivity index (χ2n) is 6.66. The van der Waals surface area contributed by atoms with Crippen molar-refractivity contribution in [3.05, 3.63) is 46.5 Å². The van der Waals surface area contributed by atoms with E-state index in [1.807, 2.05) is 0 Å². The molecule has 2 aromatic rings. The lowest BCUT2D eigenvalue weighted by molar-refractivity contribution is -0.137. The summed E-state index contributed by atoms with van der Waals surface area (Å²) in [7, 11) is 2.69. The predicted molar refractivity (Wildman–Crippen MR) is 109 cm³/mol. The summed E-state index contributed by atoms with van der Waals surface area (Å²) in [6.07, 6.45) is 0.705. The maximum absolute atomic E-state index is 11.4. The number of aromatic hydroxyl groups is 2. The van der Waals surface area contributed by atoms with Gasteiger partial charge in [-0.3, -0.25) is 9.59 Å². The number of carbonyl (C=O) groups excluding carboxylic acids is 3. The molecule has 2 aromatic carbocycles. The van der Waals surface area contributed by atoms with Crippen molar-refractivity contribution in [1.29, 1.82) is 0 Å². The highest BCUT2D eigenvalue weighted by atomic mass is 16.6. The molecule has 0 aliphatic rings. The van der Waals surface area contributed by atoms with Crippen LogP contribution >= 0.6 is 0 Å². The number of hydrogen-bond acceptors (Lipinski definition) is 8. The van der Waals surface area contributed by atoms with Gasteiger partial charge in [-0.2, -0.15) is 0 Å². The Balaban J connectivity index is 0.000000303. The maximum atomic E-state index is 11.4. The van der Waals surface area contributed by atoms with Crippen molar-refractivity contribution < 1.29 is 38.8 Å². The summed E-state index contributed by atoms with van der Waals surface area (Å²) >= 11 is 0. The number of carbonyl (C=O) groups is 3. The summed E-state index contributed by atoms with van der Waals surface area (Å²) in [4.78, 5) is 33.2. The molecule has 0 unspecified atom stereocenters. The first-order valence-electron chi connectivity index (χ1n) is 9.02. The molecule has 2 N–H and O–H groups in total. The molecule has 0 bridgehead atoms. The molecule has 30 heavy (non-hydrogen) atoms. The van der Waals surface area contributed by atoms with Crippen LogP contribution in [0.25, 0.3) is 0 Å². The van der Waals surface area contributed by atoms with Gasteiger partial charge in [-0.15, -0.1) is 0 Å². The third kappa shape index (κ3) is 5.97. The lowest BCUT2D eigenvalue weighted by Crippen LogP contribution is -2.15. The summed E-state index contributed by atoms with van der Waals surface area (Å²) in [5.74, 6) is -0.719. The first kappa shape index (κ1) is 24.5. The van der Waals surface area contributed by atoms with Gasteiger partial charge in [0.2, 0.25) is 0 Å². The Morgan fingerprint density at radius 2 is 1.67 bits per heavy atom. The number of phenols is 2. The minimum absolute atomic E-state index is 0.0346. The zero-order valence-electron chi connectivity index (χ0n) is 17.8. The van der Waals surface area contributed by atoms with E-state index in [2.05, 4.69) is 4.74 Å². The Bertz CT molecular complexity index is 931. The molecule has 0 atom stereocenters. The van der Waals surface area contributed by atoms with Gasteiger partial charge in [0.25, 0.3) is 0 Å². The van der Waals surface area contributed by atoms with Crippen LogP contribution in [0.2, 0.25) is 0 Å². The Kier molecular flexibility index (Phi) is 8.85. The topological polar surface area (TPSA) is 119 Å². The Morgan fingerprint density at radius 1 is 1.03 bits per heavy atom. The van der Waals surface area contributed by atoms with Gasteiger partial charge in [0.15, 0.2) is 11.5 Å². The largest absolute Gasteiger partial charge is 0.508 e. The molecule has 0 aromatic heterocycles. The Morgan fingerprint density at radius 3 is 2.17 bits per heavy atom. The molecule has 162 valence electrons. The molecule has 0 amide bonds. The lowest BCUT2D eigenvalue weighted by Gasteiger charge is -2.10. The van der Waals surface area contributed by atoms with Gasteiger partial charge in [0.1, 0.15) is 23.3 Å². The standard InChI is InChI=1S/C12H14O4.C10H12O4/c1-8(2)12(14)16-10-5-4-9(7-13)6-11(10)15-3;1-5-4-7(11)6(2)9(12)8(5)10(13)14-3/h4-8H,1-3H3;4,11-12H,1-3H3. The van der Waals surface area contributed by atoms with Crippen LogP contribution in [0.15, 0.2) is 24.3 Å².